The maximum atomic E-state index is 11.1. The summed E-state index contributed by atoms with van der Waals surface area (Å²) in [5, 5.41) is 0. The summed E-state index contributed by atoms with van der Waals surface area (Å²) in [6.07, 6.45) is 4.10. The van der Waals surface area contributed by atoms with Crippen LogP contribution >= 0.6 is 27.7 Å². The van der Waals surface area contributed by atoms with Crippen molar-refractivity contribution in [2.45, 2.75) is 19.4 Å². The van der Waals surface area contributed by atoms with Crippen LogP contribution in [0.25, 0.3) is 0 Å². The Morgan fingerprint density at radius 1 is 1.53 bits per heavy atom. The fourth-order valence-electron chi connectivity index (χ4n) is 1.81. The normalized spacial score (nSPS) is 12.2. The highest BCUT2D eigenvalue weighted by atomic mass is 79.9. The molecule has 4 heteroatoms. The number of thioether (sulfide) groups is 1. The van der Waals surface area contributed by atoms with Gasteiger partial charge in [0.2, 0.25) is 0 Å². The van der Waals surface area contributed by atoms with E-state index in [0.717, 1.165) is 34.2 Å². The second-order valence-electron chi connectivity index (χ2n) is 3.95. The lowest BCUT2D eigenvalue weighted by atomic mass is 10.1. The predicted molar refractivity (Wildman–Crippen MR) is 80.4 cm³/mol. The molecule has 0 aliphatic rings. The number of nitrogens with zero attached hydrogens (tertiary/aromatic N) is 1. The van der Waals surface area contributed by atoms with E-state index in [1.54, 1.807) is 0 Å². The second-order valence-corrected chi connectivity index (χ2v) is 5.78. The predicted octanol–water partition coefficient (Wildman–Crippen LogP) is 3.84. The third-order valence-electron chi connectivity index (χ3n) is 2.88. The van der Waals surface area contributed by atoms with E-state index in [1.165, 1.54) is 0 Å². The molecule has 0 spiro atoms. The Kier molecular flexibility index (Phi) is 6.06. The molecule has 0 aromatic heterocycles. The van der Waals surface area contributed by atoms with Crippen molar-refractivity contribution >= 4 is 39.7 Å². The van der Waals surface area contributed by atoms with Gasteiger partial charge in [-0.2, -0.15) is 11.8 Å². The molecular formula is C13H18BrNOS. The number of carbonyl (C=O) groups is 1. The maximum Gasteiger partial charge on any atom is 0.152 e. The number of anilines is 1. The fraction of sp³-hybridized carbons (Fsp3) is 0.462. The Labute approximate surface area is 116 Å². The molecule has 1 aromatic carbocycles. The molecule has 1 rings (SSSR count). The summed E-state index contributed by atoms with van der Waals surface area (Å²) >= 11 is 5.29. The molecule has 0 heterocycles. The molecule has 0 N–H and O–H groups in total. The van der Waals surface area contributed by atoms with Crippen molar-refractivity contribution in [3.05, 3.63) is 28.2 Å². The largest absolute Gasteiger partial charge is 0.370 e. The van der Waals surface area contributed by atoms with Crippen molar-refractivity contribution in [3.8, 4) is 0 Å². The summed E-state index contributed by atoms with van der Waals surface area (Å²) in [7, 11) is 2.05. The Hall–Kier alpha value is -0.480. The molecule has 0 saturated heterocycles. The molecule has 0 saturated carbocycles. The van der Waals surface area contributed by atoms with E-state index in [1.807, 2.05) is 30.0 Å². The van der Waals surface area contributed by atoms with Gasteiger partial charge in [-0.25, -0.2) is 0 Å². The zero-order valence-corrected chi connectivity index (χ0v) is 12.8. The van der Waals surface area contributed by atoms with Gasteiger partial charge in [-0.15, -0.1) is 0 Å². The minimum atomic E-state index is 0.456. The maximum absolute atomic E-state index is 11.1. The lowest BCUT2D eigenvalue weighted by molar-refractivity contribution is 0.112. The summed E-state index contributed by atoms with van der Waals surface area (Å²) in [5.41, 5.74) is 1.74. The van der Waals surface area contributed by atoms with Crippen LogP contribution in [0.5, 0.6) is 0 Å². The molecule has 17 heavy (non-hydrogen) atoms. The van der Waals surface area contributed by atoms with Gasteiger partial charge < -0.3 is 4.90 Å². The van der Waals surface area contributed by atoms with Crippen LogP contribution in [0.2, 0.25) is 0 Å². The van der Waals surface area contributed by atoms with Crippen LogP contribution in [0.15, 0.2) is 22.7 Å². The Morgan fingerprint density at radius 2 is 2.24 bits per heavy atom. The van der Waals surface area contributed by atoms with E-state index in [0.29, 0.717) is 6.04 Å². The molecule has 0 aliphatic heterocycles. The van der Waals surface area contributed by atoms with Crippen molar-refractivity contribution < 1.29 is 4.79 Å². The number of carbonyl (C=O) groups excluding carboxylic acids is 1. The summed E-state index contributed by atoms with van der Waals surface area (Å²) in [5.74, 6) is 1.07. The van der Waals surface area contributed by atoms with Crippen molar-refractivity contribution in [1.82, 2.24) is 0 Å². The molecule has 0 aliphatic carbocycles. The SMILES string of the molecule is CCC(CSC)N(C)c1cc(Br)ccc1C=O. The Bertz CT molecular complexity index is 384. The first-order valence-electron chi connectivity index (χ1n) is 5.60. The van der Waals surface area contributed by atoms with Crippen molar-refractivity contribution in [2.75, 3.05) is 24.0 Å². The van der Waals surface area contributed by atoms with Gasteiger partial charge >= 0.3 is 0 Å². The average molecular weight is 316 g/mol. The standard InChI is InChI=1S/C13H18BrNOS/c1-4-12(9-17-3)15(2)13-7-11(14)6-5-10(13)8-16/h5-8,12H,4,9H2,1-3H3. The molecule has 0 amide bonds. The summed E-state index contributed by atoms with van der Waals surface area (Å²) < 4.78 is 1.00. The first-order valence-corrected chi connectivity index (χ1v) is 7.79. The van der Waals surface area contributed by atoms with Gasteiger partial charge in [0.1, 0.15) is 0 Å². The summed E-state index contributed by atoms with van der Waals surface area (Å²) in [6.45, 7) is 2.18. The van der Waals surface area contributed by atoms with E-state index in [2.05, 4.69) is 41.1 Å². The molecule has 1 aromatic rings. The van der Waals surface area contributed by atoms with Crippen molar-refractivity contribution in [2.24, 2.45) is 0 Å². The van der Waals surface area contributed by atoms with Gasteiger partial charge in [0.15, 0.2) is 6.29 Å². The Morgan fingerprint density at radius 3 is 2.76 bits per heavy atom. The molecule has 1 unspecified atom stereocenters. The summed E-state index contributed by atoms with van der Waals surface area (Å²) in [6, 6.07) is 6.22. The minimum absolute atomic E-state index is 0.456. The molecule has 1 atom stereocenters. The lowest BCUT2D eigenvalue weighted by Gasteiger charge is -2.30. The van der Waals surface area contributed by atoms with Gasteiger partial charge in [0, 0.05) is 34.6 Å². The number of hydrogen-bond acceptors (Lipinski definition) is 3. The highest BCUT2D eigenvalue weighted by molar-refractivity contribution is 9.10. The van der Waals surface area contributed by atoms with Crippen LogP contribution in [0.4, 0.5) is 5.69 Å². The lowest BCUT2D eigenvalue weighted by Crippen LogP contribution is -2.33. The van der Waals surface area contributed by atoms with Crippen LogP contribution in [0.1, 0.15) is 23.7 Å². The third kappa shape index (κ3) is 3.75. The summed E-state index contributed by atoms with van der Waals surface area (Å²) in [4.78, 5) is 13.3. The molecule has 0 fully saturated rings. The van der Waals surface area contributed by atoms with Crippen molar-refractivity contribution in [3.63, 3.8) is 0 Å². The quantitative estimate of drug-likeness (QED) is 0.744. The van der Waals surface area contributed by atoms with Gasteiger partial charge in [-0.3, -0.25) is 4.79 Å². The first kappa shape index (κ1) is 14.6. The van der Waals surface area contributed by atoms with Gasteiger partial charge in [0.25, 0.3) is 0 Å². The number of hydrogen-bond donors (Lipinski definition) is 0. The van der Waals surface area contributed by atoms with E-state index >= 15 is 0 Å². The molecule has 94 valence electrons. The third-order valence-corrected chi connectivity index (χ3v) is 4.09. The highest BCUT2D eigenvalue weighted by Crippen LogP contribution is 2.26. The monoisotopic (exact) mass is 315 g/mol. The molecular weight excluding hydrogens is 298 g/mol. The smallest absolute Gasteiger partial charge is 0.152 e. The Balaban J connectivity index is 3.04. The average Bonchev–Trinajstić information content (AvgIpc) is 2.35. The first-order chi connectivity index (χ1) is 8.13. The van der Waals surface area contributed by atoms with Gasteiger partial charge in [-0.05, 0) is 30.9 Å². The number of benzene rings is 1. The van der Waals surface area contributed by atoms with Crippen LogP contribution in [-0.2, 0) is 0 Å². The van der Waals surface area contributed by atoms with E-state index < -0.39 is 0 Å². The van der Waals surface area contributed by atoms with Crippen molar-refractivity contribution in [1.29, 1.82) is 0 Å². The topological polar surface area (TPSA) is 20.3 Å². The number of rotatable bonds is 6. The molecule has 2 nitrogen and oxygen atoms in total. The van der Waals surface area contributed by atoms with Crippen LogP contribution < -0.4 is 4.90 Å². The van der Waals surface area contributed by atoms with E-state index in [-0.39, 0.29) is 0 Å². The minimum Gasteiger partial charge on any atom is -0.370 e. The molecule has 0 radical (unpaired) electrons. The zero-order valence-electron chi connectivity index (χ0n) is 10.4. The van der Waals surface area contributed by atoms with E-state index in [9.17, 15) is 4.79 Å². The fourth-order valence-corrected chi connectivity index (χ4v) is 3.01. The zero-order chi connectivity index (χ0) is 12.8. The van der Waals surface area contributed by atoms with Crippen LogP contribution in [0.3, 0.4) is 0 Å². The van der Waals surface area contributed by atoms with Gasteiger partial charge in [0.05, 0.1) is 0 Å². The van der Waals surface area contributed by atoms with Gasteiger partial charge in [-0.1, -0.05) is 22.9 Å². The van der Waals surface area contributed by atoms with Crippen LogP contribution in [-0.4, -0.2) is 31.4 Å². The highest BCUT2D eigenvalue weighted by Gasteiger charge is 2.15. The van der Waals surface area contributed by atoms with Crippen LogP contribution in [0, 0.1) is 0 Å². The molecule has 0 bridgehead atoms. The second kappa shape index (κ2) is 7.07. The number of halogens is 1. The van der Waals surface area contributed by atoms with E-state index in [4.69, 9.17) is 0 Å². The number of aldehydes is 1.